The lowest BCUT2D eigenvalue weighted by Gasteiger charge is -2.02. The van der Waals surface area contributed by atoms with Crippen LogP contribution in [-0.4, -0.2) is 17.2 Å². The number of aromatic nitrogens is 2. The van der Waals surface area contributed by atoms with Gasteiger partial charge in [0.15, 0.2) is 0 Å². The van der Waals surface area contributed by atoms with Crippen molar-refractivity contribution in [2.75, 3.05) is 7.05 Å². The molecule has 1 aromatic heterocycles. The zero-order chi connectivity index (χ0) is 12.3. The molecule has 1 N–H and O–H groups in total. The molecule has 0 aliphatic heterocycles. The van der Waals surface area contributed by atoms with Crippen molar-refractivity contribution >= 4 is 11.3 Å². The van der Waals surface area contributed by atoms with Gasteiger partial charge in [0.25, 0.3) is 5.19 Å². The third-order valence-electron chi connectivity index (χ3n) is 2.12. The fourth-order valence-corrected chi connectivity index (χ4v) is 1.96. The Hall–Kier alpha value is -1.53. The number of ether oxygens (including phenoxy) is 1. The predicted octanol–water partition coefficient (Wildman–Crippen LogP) is 2.50. The first-order valence-electron chi connectivity index (χ1n) is 5.10. The van der Waals surface area contributed by atoms with Crippen LogP contribution in [0.1, 0.15) is 10.6 Å². The molecule has 2 aromatic rings. The Kier molecular flexibility index (Phi) is 3.65. The second-order valence-electron chi connectivity index (χ2n) is 3.51. The lowest BCUT2D eigenvalue weighted by Crippen LogP contribution is -2.04. The Morgan fingerprint density at radius 2 is 2.24 bits per heavy atom. The van der Waals surface area contributed by atoms with Crippen LogP contribution >= 0.6 is 11.3 Å². The van der Waals surface area contributed by atoms with Gasteiger partial charge in [0.05, 0.1) is 0 Å². The number of hydrogen-bond acceptors (Lipinski definition) is 5. The van der Waals surface area contributed by atoms with E-state index in [-0.39, 0.29) is 5.82 Å². The molecule has 0 atom stereocenters. The van der Waals surface area contributed by atoms with E-state index in [1.54, 1.807) is 19.1 Å². The molecule has 0 spiro atoms. The molecule has 0 unspecified atom stereocenters. The van der Waals surface area contributed by atoms with Crippen LogP contribution < -0.4 is 10.1 Å². The first kappa shape index (κ1) is 11.9. The van der Waals surface area contributed by atoms with E-state index in [9.17, 15) is 4.39 Å². The predicted molar refractivity (Wildman–Crippen MR) is 63.9 cm³/mol. The van der Waals surface area contributed by atoms with Crippen LogP contribution in [0.2, 0.25) is 0 Å². The van der Waals surface area contributed by atoms with Crippen molar-refractivity contribution in [3.05, 3.63) is 34.6 Å². The van der Waals surface area contributed by atoms with Crippen molar-refractivity contribution < 1.29 is 9.13 Å². The minimum atomic E-state index is -0.289. The molecule has 2 rings (SSSR count). The monoisotopic (exact) mass is 253 g/mol. The molecule has 0 fully saturated rings. The highest BCUT2D eigenvalue weighted by molar-refractivity contribution is 7.13. The highest BCUT2D eigenvalue weighted by Gasteiger charge is 2.07. The van der Waals surface area contributed by atoms with Gasteiger partial charge in [-0.05, 0) is 25.6 Å². The van der Waals surface area contributed by atoms with Gasteiger partial charge < -0.3 is 10.1 Å². The fourth-order valence-electron chi connectivity index (χ4n) is 1.24. The lowest BCUT2D eigenvalue weighted by molar-refractivity contribution is 0.467. The molecule has 0 aliphatic rings. The molecule has 0 saturated carbocycles. The maximum atomic E-state index is 13.3. The summed E-state index contributed by atoms with van der Waals surface area (Å²) in [5.74, 6) is 0.141. The van der Waals surface area contributed by atoms with Gasteiger partial charge in [-0.3, -0.25) is 0 Å². The molecule has 1 aromatic carbocycles. The summed E-state index contributed by atoms with van der Waals surface area (Å²) in [6, 6.07) is 4.71. The summed E-state index contributed by atoms with van der Waals surface area (Å²) in [5, 5.41) is 12.0. The van der Waals surface area contributed by atoms with Crippen molar-refractivity contribution in [1.29, 1.82) is 0 Å². The van der Waals surface area contributed by atoms with Crippen LogP contribution in [0, 0.1) is 12.7 Å². The molecule has 17 heavy (non-hydrogen) atoms. The molecule has 4 nitrogen and oxygen atoms in total. The number of rotatable bonds is 4. The number of halogens is 1. The van der Waals surface area contributed by atoms with E-state index in [1.807, 2.05) is 7.05 Å². The van der Waals surface area contributed by atoms with Crippen LogP contribution in [0.4, 0.5) is 4.39 Å². The lowest BCUT2D eigenvalue weighted by atomic mass is 10.2. The van der Waals surface area contributed by atoms with E-state index in [0.717, 1.165) is 5.01 Å². The van der Waals surface area contributed by atoms with E-state index in [0.29, 0.717) is 23.1 Å². The summed E-state index contributed by atoms with van der Waals surface area (Å²) in [7, 11) is 1.83. The Morgan fingerprint density at radius 3 is 2.94 bits per heavy atom. The Labute approximate surface area is 102 Å². The van der Waals surface area contributed by atoms with Gasteiger partial charge in [-0.15, -0.1) is 5.10 Å². The van der Waals surface area contributed by atoms with Crippen LogP contribution in [0.15, 0.2) is 18.2 Å². The van der Waals surface area contributed by atoms with Gasteiger partial charge in [0.2, 0.25) is 0 Å². The van der Waals surface area contributed by atoms with Gasteiger partial charge in [0.1, 0.15) is 16.6 Å². The van der Waals surface area contributed by atoms with E-state index < -0.39 is 0 Å². The van der Waals surface area contributed by atoms with Gasteiger partial charge in [-0.2, -0.15) is 0 Å². The largest absolute Gasteiger partial charge is 0.430 e. The Morgan fingerprint density at radius 1 is 1.41 bits per heavy atom. The maximum Gasteiger partial charge on any atom is 0.299 e. The summed E-state index contributed by atoms with van der Waals surface area (Å²) in [5.41, 5.74) is 0.588. The average Bonchev–Trinajstić information content (AvgIpc) is 2.72. The summed E-state index contributed by atoms with van der Waals surface area (Å²) in [4.78, 5) is 0. The van der Waals surface area contributed by atoms with Crippen LogP contribution in [0.5, 0.6) is 10.9 Å². The molecular formula is C11H12FN3OS. The van der Waals surface area contributed by atoms with Crippen LogP contribution in [-0.2, 0) is 6.54 Å². The van der Waals surface area contributed by atoms with E-state index >= 15 is 0 Å². The average molecular weight is 253 g/mol. The van der Waals surface area contributed by atoms with E-state index in [1.165, 1.54) is 17.4 Å². The van der Waals surface area contributed by atoms with Crippen molar-refractivity contribution in [2.24, 2.45) is 0 Å². The summed E-state index contributed by atoms with van der Waals surface area (Å²) in [6.07, 6.45) is 0. The topological polar surface area (TPSA) is 47.0 Å². The van der Waals surface area contributed by atoms with Gasteiger partial charge in [0, 0.05) is 12.6 Å². The van der Waals surface area contributed by atoms with Crippen molar-refractivity contribution in [3.63, 3.8) is 0 Å². The number of nitrogens with one attached hydrogen (secondary N) is 1. The molecule has 0 bridgehead atoms. The second kappa shape index (κ2) is 5.20. The van der Waals surface area contributed by atoms with Gasteiger partial charge in [-0.1, -0.05) is 22.5 Å². The van der Waals surface area contributed by atoms with Gasteiger partial charge >= 0.3 is 0 Å². The number of hydrogen-bond donors (Lipinski definition) is 1. The van der Waals surface area contributed by atoms with Gasteiger partial charge in [-0.25, -0.2) is 4.39 Å². The molecule has 6 heteroatoms. The number of nitrogens with zero attached hydrogens (tertiary/aromatic N) is 2. The zero-order valence-electron chi connectivity index (χ0n) is 9.53. The third-order valence-corrected chi connectivity index (χ3v) is 2.93. The van der Waals surface area contributed by atoms with Crippen molar-refractivity contribution in [3.8, 4) is 10.9 Å². The quantitative estimate of drug-likeness (QED) is 0.909. The fraction of sp³-hybridized carbons (Fsp3) is 0.273. The summed E-state index contributed by atoms with van der Waals surface area (Å²) in [6.45, 7) is 2.35. The number of benzene rings is 1. The highest BCUT2D eigenvalue weighted by Crippen LogP contribution is 2.26. The molecule has 1 heterocycles. The molecule has 0 saturated heterocycles. The molecule has 0 radical (unpaired) electrons. The Balaban J connectivity index is 2.11. The SMILES string of the molecule is CNCc1nnc(Oc2ccc(C)c(F)c2)s1. The normalized spacial score (nSPS) is 10.5. The minimum Gasteiger partial charge on any atom is -0.430 e. The summed E-state index contributed by atoms with van der Waals surface area (Å²) >= 11 is 1.33. The second-order valence-corrected chi connectivity index (χ2v) is 4.53. The van der Waals surface area contributed by atoms with Crippen molar-refractivity contribution in [2.45, 2.75) is 13.5 Å². The Bertz CT molecular complexity index is 515. The van der Waals surface area contributed by atoms with Crippen LogP contribution in [0.3, 0.4) is 0 Å². The zero-order valence-corrected chi connectivity index (χ0v) is 10.3. The van der Waals surface area contributed by atoms with Crippen molar-refractivity contribution in [1.82, 2.24) is 15.5 Å². The highest BCUT2D eigenvalue weighted by atomic mass is 32.1. The minimum absolute atomic E-state index is 0.289. The first-order valence-corrected chi connectivity index (χ1v) is 5.91. The van der Waals surface area contributed by atoms with E-state index in [4.69, 9.17) is 4.74 Å². The first-order chi connectivity index (χ1) is 8.19. The van der Waals surface area contributed by atoms with Crippen LogP contribution in [0.25, 0.3) is 0 Å². The van der Waals surface area contributed by atoms with E-state index in [2.05, 4.69) is 15.5 Å². The standard InChI is InChI=1S/C11H12FN3OS/c1-7-3-4-8(5-9(7)12)16-11-15-14-10(17-11)6-13-2/h3-5,13H,6H2,1-2H3. The molecular weight excluding hydrogens is 241 g/mol. The molecule has 0 aliphatic carbocycles. The summed E-state index contributed by atoms with van der Waals surface area (Å²) < 4.78 is 18.7. The molecule has 0 amide bonds. The maximum absolute atomic E-state index is 13.3. The number of aryl methyl sites for hydroxylation is 1. The molecule has 90 valence electrons. The smallest absolute Gasteiger partial charge is 0.299 e. The third kappa shape index (κ3) is 2.98.